The summed E-state index contributed by atoms with van der Waals surface area (Å²) in [5.41, 5.74) is 0.662. The number of rotatable bonds is 14. The van der Waals surface area contributed by atoms with E-state index in [1.807, 2.05) is 14.2 Å². The Morgan fingerprint density at radius 2 is 1.26 bits per heavy atom. The quantitative estimate of drug-likeness (QED) is 0.301. The molecule has 0 heterocycles. The van der Waals surface area contributed by atoms with Crippen LogP contribution in [0.2, 0.25) is 5.54 Å². The standard InChI is InChI=1S/C19H41NO2Si/c1-5-7-9-13-17-20(18-14-10-8-6-2)23(21-3,22-4)19-15-11-12-16-19/h19H,5-18H2,1-4H3. The molecule has 0 atom stereocenters. The Morgan fingerprint density at radius 3 is 1.65 bits per heavy atom. The number of unbranched alkanes of at least 4 members (excludes halogenated alkanes) is 6. The summed E-state index contributed by atoms with van der Waals surface area (Å²) >= 11 is 0. The third kappa shape index (κ3) is 6.49. The molecule has 0 bridgehead atoms. The highest BCUT2D eigenvalue weighted by Gasteiger charge is 2.51. The van der Waals surface area contributed by atoms with Gasteiger partial charge in [0.25, 0.3) is 0 Å². The summed E-state index contributed by atoms with van der Waals surface area (Å²) in [6.45, 7) is 6.89. The van der Waals surface area contributed by atoms with E-state index in [0.29, 0.717) is 5.54 Å². The molecule has 0 radical (unpaired) electrons. The lowest BCUT2D eigenvalue weighted by Gasteiger charge is -2.42. The first kappa shape index (κ1) is 21.1. The average Bonchev–Trinajstić information content (AvgIpc) is 3.11. The Hall–Kier alpha value is 0.0969. The van der Waals surface area contributed by atoms with Gasteiger partial charge in [0.15, 0.2) is 0 Å². The number of hydrogen-bond donors (Lipinski definition) is 0. The maximum atomic E-state index is 6.19. The fourth-order valence-corrected chi connectivity index (χ4v) is 8.05. The van der Waals surface area contributed by atoms with Gasteiger partial charge >= 0.3 is 8.72 Å². The molecule has 1 rings (SSSR count). The molecule has 0 aromatic rings. The van der Waals surface area contributed by atoms with Gasteiger partial charge in [-0.25, -0.2) is 0 Å². The van der Waals surface area contributed by atoms with Crippen LogP contribution in [0.15, 0.2) is 0 Å². The first-order chi connectivity index (χ1) is 11.2. The van der Waals surface area contributed by atoms with Gasteiger partial charge in [0.2, 0.25) is 0 Å². The first-order valence-corrected chi connectivity index (χ1v) is 11.9. The molecule has 4 heteroatoms. The molecule has 0 aromatic heterocycles. The third-order valence-corrected chi connectivity index (χ3v) is 9.57. The van der Waals surface area contributed by atoms with Crippen LogP contribution in [-0.2, 0) is 8.85 Å². The minimum atomic E-state index is -2.23. The van der Waals surface area contributed by atoms with Crippen molar-refractivity contribution in [3.63, 3.8) is 0 Å². The van der Waals surface area contributed by atoms with Crippen LogP contribution in [-0.4, -0.2) is 40.6 Å². The molecule has 1 saturated carbocycles. The van der Waals surface area contributed by atoms with Gasteiger partial charge in [-0.1, -0.05) is 65.2 Å². The maximum absolute atomic E-state index is 6.19. The van der Waals surface area contributed by atoms with Crippen molar-refractivity contribution in [1.29, 1.82) is 0 Å². The summed E-state index contributed by atoms with van der Waals surface area (Å²) in [5, 5.41) is 0. The van der Waals surface area contributed by atoms with E-state index in [9.17, 15) is 0 Å². The van der Waals surface area contributed by atoms with Gasteiger partial charge in [-0.05, 0) is 38.8 Å². The molecule has 1 fully saturated rings. The second-order valence-electron chi connectivity index (χ2n) is 7.13. The molecule has 0 N–H and O–H groups in total. The smallest absolute Gasteiger partial charge is 0.386 e. The van der Waals surface area contributed by atoms with E-state index in [2.05, 4.69) is 18.4 Å². The molecule has 0 spiro atoms. The SMILES string of the molecule is CCCCCCN(CCCCCC)[Si](OC)(OC)C1CCCC1. The van der Waals surface area contributed by atoms with Gasteiger partial charge in [0.1, 0.15) is 0 Å². The van der Waals surface area contributed by atoms with Gasteiger partial charge in [-0.3, -0.25) is 4.57 Å². The van der Waals surface area contributed by atoms with Crippen molar-refractivity contribution >= 4 is 8.72 Å². The van der Waals surface area contributed by atoms with Crippen molar-refractivity contribution in [2.75, 3.05) is 27.3 Å². The molecule has 1 aliphatic carbocycles. The number of hydrogen-bond acceptors (Lipinski definition) is 3. The van der Waals surface area contributed by atoms with Crippen LogP contribution >= 0.6 is 0 Å². The van der Waals surface area contributed by atoms with E-state index in [0.717, 1.165) is 13.1 Å². The van der Waals surface area contributed by atoms with Gasteiger partial charge in [0.05, 0.1) is 0 Å². The van der Waals surface area contributed by atoms with Crippen LogP contribution in [0.25, 0.3) is 0 Å². The minimum absolute atomic E-state index is 0.662. The molecule has 1 aliphatic rings. The van der Waals surface area contributed by atoms with Crippen LogP contribution in [0.5, 0.6) is 0 Å². The van der Waals surface area contributed by atoms with Crippen LogP contribution in [0, 0.1) is 0 Å². The second-order valence-corrected chi connectivity index (χ2v) is 10.7. The van der Waals surface area contributed by atoms with E-state index in [4.69, 9.17) is 8.85 Å². The summed E-state index contributed by atoms with van der Waals surface area (Å²) in [5.74, 6) is 0. The Balaban J connectivity index is 2.69. The minimum Gasteiger partial charge on any atom is -0.386 e. The zero-order valence-corrected chi connectivity index (χ0v) is 17.2. The summed E-state index contributed by atoms with van der Waals surface area (Å²) in [4.78, 5) is 0. The highest BCUT2D eigenvalue weighted by atomic mass is 28.4. The molecule has 0 amide bonds. The van der Waals surface area contributed by atoms with E-state index in [1.165, 1.54) is 77.0 Å². The molecule has 0 saturated heterocycles. The monoisotopic (exact) mass is 343 g/mol. The summed E-state index contributed by atoms with van der Waals surface area (Å²) in [6, 6.07) is 0. The third-order valence-electron chi connectivity index (χ3n) is 5.46. The molecule has 23 heavy (non-hydrogen) atoms. The van der Waals surface area contributed by atoms with E-state index >= 15 is 0 Å². The van der Waals surface area contributed by atoms with Crippen molar-refractivity contribution in [3.05, 3.63) is 0 Å². The molecule has 3 nitrogen and oxygen atoms in total. The van der Waals surface area contributed by atoms with Crippen molar-refractivity contribution in [2.24, 2.45) is 0 Å². The molecular formula is C19H41NO2Si. The lowest BCUT2D eigenvalue weighted by molar-refractivity contribution is 0.146. The highest BCUT2D eigenvalue weighted by Crippen LogP contribution is 2.41. The molecule has 0 aromatic carbocycles. The summed E-state index contributed by atoms with van der Waals surface area (Å²) in [7, 11) is 1.58. The molecule has 0 unspecified atom stereocenters. The Morgan fingerprint density at radius 1 is 0.783 bits per heavy atom. The van der Waals surface area contributed by atoms with Crippen LogP contribution in [0.4, 0.5) is 0 Å². The lowest BCUT2D eigenvalue weighted by Crippen LogP contribution is -2.60. The van der Waals surface area contributed by atoms with Gasteiger partial charge < -0.3 is 8.85 Å². The van der Waals surface area contributed by atoms with Gasteiger partial charge in [-0.15, -0.1) is 0 Å². The van der Waals surface area contributed by atoms with Crippen molar-refractivity contribution in [1.82, 2.24) is 4.57 Å². The van der Waals surface area contributed by atoms with Crippen molar-refractivity contribution in [3.8, 4) is 0 Å². The van der Waals surface area contributed by atoms with Crippen molar-refractivity contribution < 1.29 is 8.85 Å². The normalized spacial score (nSPS) is 16.6. The Bertz CT molecular complexity index is 267. The zero-order valence-electron chi connectivity index (χ0n) is 16.2. The first-order valence-electron chi connectivity index (χ1n) is 10.1. The fraction of sp³-hybridized carbons (Fsp3) is 1.00. The predicted octanol–water partition coefficient (Wildman–Crippen LogP) is 5.62. The fourth-order valence-electron chi connectivity index (χ4n) is 4.11. The Kier molecular flexibility index (Phi) is 11.5. The van der Waals surface area contributed by atoms with Crippen LogP contribution in [0.1, 0.15) is 90.9 Å². The van der Waals surface area contributed by atoms with Gasteiger partial charge in [0, 0.05) is 19.8 Å². The highest BCUT2D eigenvalue weighted by molar-refractivity contribution is 6.66. The zero-order chi connectivity index (χ0) is 17.0. The molecule has 138 valence electrons. The van der Waals surface area contributed by atoms with E-state index < -0.39 is 8.72 Å². The Labute approximate surface area is 146 Å². The summed E-state index contributed by atoms with van der Waals surface area (Å²) < 4.78 is 15.0. The van der Waals surface area contributed by atoms with Crippen LogP contribution < -0.4 is 0 Å². The topological polar surface area (TPSA) is 21.7 Å². The van der Waals surface area contributed by atoms with Gasteiger partial charge in [-0.2, -0.15) is 0 Å². The average molecular weight is 344 g/mol. The van der Waals surface area contributed by atoms with Crippen LogP contribution in [0.3, 0.4) is 0 Å². The molecule has 0 aliphatic heterocycles. The largest absolute Gasteiger partial charge is 0.430 e. The predicted molar refractivity (Wildman–Crippen MR) is 102 cm³/mol. The van der Waals surface area contributed by atoms with E-state index in [1.54, 1.807) is 0 Å². The second kappa shape index (κ2) is 12.5. The van der Waals surface area contributed by atoms with E-state index in [-0.39, 0.29) is 0 Å². The van der Waals surface area contributed by atoms with Crippen molar-refractivity contribution in [2.45, 2.75) is 96.4 Å². The lowest BCUT2D eigenvalue weighted by atomic mass is 10.2. The summed E-state index contributed by atoms with van der Waals surface area (Å²) in [6.07, 6.45) is 15.9. The maximum Gasteiger partial charge on any atom is 0.430 e. The molecular weight excluding hydrogens is 302 g/mol. The number of nitrogens with zero attached hydrogens (tertiary/aromatic N) is 1.